The second-order valence-corrected chi connectivity index (χ2v) is 6.45. The van der Waals surface area contributed by atoms with Gasteiger partial charge in [0.1, 0.15) is 0 Å². The lowest BCUT2D eigenvalue weighted by molar-refractivity contribution is -0.116. The quantitative estimate of drug-likeness (QED) is 0.704. The number of carbonyl (C=O) groups excluding carboxylic acids is 2. The largest absolute Gasteiger partial charge is 0.350 e. The molecule has 0 saturated carbocycles. The Labute approximate surface area is 153 Å². The number of para-hydroxylation sites is 1. The first-order valence-corrected chi connectivity index (χ1v) is 8.73. The highest BCUT2D eigenvalue weighted by Crippen LogP contribution is 2.22. The van der Waals surface area contributed by atoms with E-state index in [-0.39, 0.29) is 11.8 Å². The number of nitrogens with zero attached hydrogens (tertiary/aromatic N) is 1. The summed E-state index contributed by atoms with van der Waals surface area (Å²) < 4.78 is 2.12. The fraction of sp³-hybridized carbons (Fsp3) is 0.238. The lowest BCUT2D eigenvalue weighted by Gasteiger charge is -2.08. The molecule has 26 heavy (non-hydrogen) atoms. The van der Waals surface area contributed by atoms with Gasteiger partial charge in [-0.2, -0.15) is 0 Å². The third-order valence-corrected chi connectivity index (χ3v) is 4.30. The Morgan fingerprint density at radius 2 is 1.73 bits per heavy atom. The van der Waals surface area contributed by atoms with E-state index >= 15 is 0 Å². The third-order valence-electron chi connectivity index (χ3n) is 4.30. The van der Waals surface area contributed by atoms with Crippen LogP contribution in [0.4, 0.5) is 11.4 Å². The smallest absolute Gasteiger partial charge is 0.224 e. The van der Waals surface area contributed by atoms with E-state index in [1.807, 2.05) is 25.2 Å². The van der Waals surface area contributed by atoms with Crippen molar-refractivity contribution in [2.45, 2.75) is 26.2 Å². The van der Waals surface area contributed by atoms with Gasteiger partial charge in [0.15, 0.2) is 0 Å². The molecule has 1 aromatic heterocycles. The summed E-state index contributed by atoms with van der Waals surface area (Å²) in [6.45, 7) is 1.46. The fourth-order valence-corrected chi connectivity index (χ4v) is 3.17. The van der Waals surface area contributed by atoms with Gasteiger partial charge < -0.3 is 15.2 Å². The second-order valence-electron chi connectivity index (χ2n) is 6.45. The van der Waals surface area contributed by atoms with Gasteiger partial charge in [-0.05, 0) is 42.7 Å². The van der Waals surface area contributed by atoms with Gasteiger partial charge in [0.05, 0.1) is 0 Å². The molecular formula is C21H23N3O2. The predicted octanol–water partition coefficient (Wildman–Crippen LogP) is 4.10. The Balaban J connectivity index is 1.55. The van der Waals surface area contributed by atoms with Crippen LogP contribution in [0.3, 0.4) is 0 Å². The van der Waals surface area contributed by atoms with Gasteiger partial charge in [-0.3, -0.25) is 9.59 Å². The van der Waals surface area contributed by atoms with Gasteiger partial charge in [-0.25, -0.2) is 0 Å². The molecule has 2 N–H and O–H groups in total. The molecule has 134 valence electrons. The van der Waals surface area contributed by atoms with Crippen molar-refractivity contribution in [2.75, 3.05) is 10.6 Å². The zero-order chi connectivity index (χ0) is 18.5. The predicted molar refractivity (Wildman–Crippen MR) is 105 cm³/mol. The van der Waals surface area contributed by atoms with Crippen LogP contribution in [0, 0.1) is 0 Å². The van der Waals surface area contributed by atoms with Gasteiger partial charge in [0.25, 0.3) is 0 Å². The van der Waals surface area contributed by atoms with Gasteiger partial charge in [-0.15, -0.1) is 0 Å². The molecular weight excluding hydrogens is 326 g/mol. The van der Waals surface area contributed by atoms with Crippen LogP contribution in [0.25, 0.3) is 10.9 Å². The highest BCUT2D eigenvalue weighted by Gasteiger charge is 2.08. The van der Waals surface area contributed by atoms with E-state index in [4.69, 9.17) is 0 Å². The van der Waals surface area contributed by atoms with Crippen LogP contribution < -0.4 is 10.6 Å². The molecule has 5 nitrogen and oxygen atoms in total. The summed E-state index contributed by atoms with van der Waals surface area (Å²) >= 11 is 0. The molecule has 2 amide bonds. The first kappa shape index (κ1) is 17.7. The van der Waals surface area contributed by atoms with E-state index in [9.17, 15) is 9.59 Å². The number of benzene rings is 2. The monoisotopic (exact) mass is 349 g/mol. The molecule has 0 radical (unpaired) electrons. The van der Waals surface area contributed by atoms with E-state index in [2.05, 4.69) is 33.5 Å². The highest BCUT2D eigenvalue weighted by atomic mass is 16.2. The molecule has 5 heteroatoms. The number of hydrogen-bond donors (Lipinski definition) is 2. The molecule has 0 aliphatic rings. The Hall–Kier alpha value is -3.08. The Morgan fingerprint density at radius 1 is 1.00 bits per heavy atom. The van der Waals surface area contributed by atoms with Crippen molar-refractivity contribution in [2.24, 2.45) is 7.05 Å². The number of aryl methyl sites for hydroxylation is 2. The molecule has 0 aliphatic carbocycles. The van der Waals surface area contributed by atoms with Crippen molar-refractivity contribution in [1.29, 1.82) is 0 Å². The molecule has 0 unspecified atom stereocenters. The maximum Gasteiger partial charge on any atom is 0.224 e. The average Bonchev–Trinajstić information content (AvgIpc) is 2.91. The summed E-state index contributed by atoms with van der Waals surface area (Å²) in [5, 5.41) is 6.85. The summed E-state index contributed by atoms with van der Waals surface area (Å²) in [5.41, 5.74) is 3.84. The van der Waals surface area contributed by atoms with Crippen molar-refractivity contribution in [3.05, 3.63) is 60.3 Å². The molecule has 0 fully saturated rings. The molecule has 0 bridgehead atoms. The molecule has 0 saturated heterocycles. The van der Waals surface area contributed by atoms with Gasteiger partial charge in [0, 0.05) is 48.9 Å². The molecule has 0 aliphatic heterocycles. The van der Waals surface area contributed by atoms with Crippen molar-refractivity contribution in [1.82, 2.24) is 4.57 Å². The molecule has 0 spiro atoms. The van der Waals surface area contributed by atoms with E-state index in [0.717, 1.165) is 12.8 Å². The molecule has 1 heterocycles. The van der Waals surface area contributed by atoms with E-state index < -0.39 is 0 Å². The number of fused-ring (bicyclic) bond motifs is 1. The van der Waals surface area contributed by atoms with Crippen LogP contribution in [0.2, 0.25) is 0 Å². The molecule has 0 atom stereocenters. The number of nitrogens with one attached hydrogen (secondary N) is 2. The fourth-order valence-electron chi connectivity index (χ4n) is 3.17. The minimum Gasteiger partial charge on any atom is -0.350 e. The summed E-state index contributed by atoms with van der Waals surface area (Å²) in [7, 11) is 2.04. The summed E-state index contributed by atoms with van der Waals surface area (Å²) in [4.78, 5) is 23.3. The number of amides is 2. The number of hydrogen-bond acceptors (Lipinski definition) is 2. The van der Waals surface area contributed by atoms with Crippen molar-refractivity contribution < 1.29 is 9.59 Å². The highest BCUT2D eigenvalue weighted by molar-refractivity contribution is 5.93. The molecule has 3 aromatic rings. The SMILES string of the molecule is CC(=O)Nc1cccc(NC(=O)CCCc2cn(C)c3ccccc23)c1. The number of aromatic nitrogens is 1. The number of rotatable bonds is 6. The first-order valence-electron chi connectivity index (χ1n) is 8.73. The zero-order valence-electron chi connectivity index (χ0n) is 15.1. The van der Waals surface area contributed by atoms with Crippen LogP contribution >= 0.6 is 0 Å². The third kappa shape index (κ3) is 4.30. The van der Waals surface area contributed by atoms with Gasteiger partial charge >= 0.3 is 0 Å². The maximum atomic E-state index is 12.2. The van der Waals surface area contributed by atoms with E-state index in [1.54, 1.807) is 18.2 Å². The first-order chi connectivity index (χ1) is 12.5. The summed E-state index contributed by atoms with van der Waals surface area (Å²) in [6, 6.07) is 15.5. The normalized spacial score (nSPS) is 10.7. The van der Waals surface area contributed by atoms with Crippen LogP contribution in [0.1, 0.15) is 25.3 Å². The zero-order valence-corrected chi connectivity index (χ0v) is 15.1. The second kappa shape index (κ2) is 7.87. The van der Waals surface area contributed by atoms with Crippen LogP contribution in [0.5, 0.6) is 0 Å². The van der Waals surface area contributed by atoms with Crippen LogP contribution in [-0.2, 0) is 23.1 Å². The standard InChI is InChI=1S/C21H23N3O2/c1-15(25)22-17-8-6-9-18(13-17)23-21(26)12-5-7-16-14-24(2)20-11-4-3-10-19(16)20/h3-4,6,8-11,13-14H,5,7,12H2,1-2H3,(H,22,25)(H,23,26). The lowest BCUT2D eigenvalue weighted by Crippen LogP contribution is -2.12. The van der Waals surface area contributed by atoms with Crippen molar-refractivity contribution >= 4 is 34.1 Å². The number of anilines is 2. The Morgan fingerprint density at radius 3 is 2.50 bits per heavy atom. The van der Waals surface area contributed by atoms with Crippen molar-refractivity contribution in [3.63, 3.8) is 0 Å². The Kier molecular flexibility index (Phi) is 5.37. The summed E-state index contributed by atoms with van der Waals surface area (Å²) in [6.07, 6.45) is 4.24. The van der Waals surface area contributed by atoms with Crippen LogP contribution in [0.15, 0.2) is 54.7 Å². The van der Waals surface area contributed by atoms with E-state index in [1.165, 1.54) is 23.4 Å². The minimum atomic E-state index is -0.136. The summed E-state index contributed by atoms with van der Waals surface area (Å²) in [5.74, 6) is -0.159. The molecule has 2 aromatic carbocycles. The van der Waals surface area contributed by atoms with E-state index in [0.29, 0.717) is 17.8 Å². The number of carbonyl (C=O) groups is 2. The maximum absolute atomic E-state index is 12.2. The Bertz CT molecular complexity index is 943. The van der Waals surface area contributed by atoms with Crippen LogP contribution in [-0.4, -0.2) is 16.4 Å². The lowest BCUT2D eigenvalue weighted by atomic mass is 10.1. The van der Waals surface area contributed by atoms with Gasteiger partial charge in [-0.1, -0.05) is 24.3 Å². The minimum absolute atomic E-state index is 0.0230. The van der Waals surface area contributed by atoms with Crippen molar-refractivity contribution in [3.8, 4) is 0 Å². The average molecular weight is 349 g/mol. The molecule has 3 rings (SSSR count). The van der Waals surface area contributed by atoms with Gasteiger partial charge in [0.2, 0.25) is 11.8 Å². The topological polar surface area (TPSA) is 63.1 Å².